The van der Waals surface area contributed by atoms with Crippen LogP contribution in [0.5, 0.6) is 0 Å². The first-order valence-electron chi connectivity index (χ1n) is 4.96. The Morgan fingerprint density at radius 2 is 1.82 bits per heavy atom. The molecule has 0 aliphatic rings. The summed E-state index contributed by atoms with van der Waals surface area (Å²) in [7, 11) is 0. The van der Waals surface area contributed by atoms with Gasteiger partial charge >= 0.3 is 0 Å². The zero-order valence-electron chi connectivity index (χ0n) is 8.81. The van der Waals surface area contributed by atoms with E-state index in [0.717, 1.165) is 11.9 Å². The molecular weight excluding hydrogens is 240 g/mol. The van der Waals surface area contributed by atoms with Crippen LogP contribution >= 0.6 is 11.9 Å². The van der Waals surface area contributed by atoms with Crippen molar-refractivity contribution in [3.05, 3.63) is 65.7 Å². The lowest BCUT2D eigenvalue weighted by molar-refractivity contribution is 0.602. The molecule has 0 bridgehead atoms. The van der Waals surface area contributed by atoms with Gasteiger partial charge in [-0.1, -0.05) is 24.3 Å². The zero-order chi connectivity index (χ0) is 12.1. The minimum Gasteiger partial charge on any atom is -0.219 e. The minimum absolute atomic E-state index is 0.311. The van der Waals surface area contributed by atoms with Gasteiger partial charge in [-0.05, 0) is 29.8 Å². The molecule has 0 amide bonds. The van der Waals surface area contributed by atoms with Crippen LogP contribution in [-0.2, 0) is 0 Å². The molecular formula is C13H9F2NS. The molecule has 2 aromatic rings. The highest BCUT2D eigenvalue weighted by Crippen LogP contribution is 2.21. The van der Waals surface area contributed by atoms with Crippen LogP contribution in [0.4, 0.5) is 8.78 Å². The topological polar surface area (TPSA) is 12.4 Å². The molecule has 0 saturated carbocycles. The minimum atomic E-state index is -0.315. The van der Waals surface area contributed by atoms with Crippen molar-refractivity contribution in [3.63, 3.8) is 0 Å². The van der Waals surface area contributed by atoms with Crippen LogP contribution in [-0.4, -0.2) is 6.21 Å². The second-order valence-electron chi connectivity index (χ2n) is 3.31. The van der Waals surface area contributed by atoms with Crippen molar-refractivity contribution in [1.82, 2.24) is 0 Å². The highest BCUT2D eigenvalue weighted by atomic mass is 32.2. The van der Waals surface area contributed by atoms with Gasteiger partial charge in [-0.15, -0.1) is 0 Å². The molecule has 0 atom stereocenters. The Hall–Kier alpha value is -1.68. The number of nitrogens with zero attached hydrogens (tertiary/aromatic N) is 1. The van der Waals surface area contributed by atoms with Crippen LogP contribution in [0.15, 0.2) is 57.8 Å². The summed E-state index contributed by atoms with van der Waals surface area (Å²) >= 11 is 1.02. The van der Waals surface area contributed by atoms with Gasteiger partial charge in [0, 0.05) is 18.2 Å². The first kappa shape index (κ1) is 11.8. The lowest BCUT2D eigenvalue weighted by Crippen LogP contribution is -1.82. The lowest BCUT2D eigenvalue weighted by atomic mass is 10.2. The maximum Gasteiger partial charge on any atom is 0.138 e. The van der Waals surface area contributed by atoms with E-state index in [1.165, 1.54) is 24.4 Å². The molecule has 0 N–H and O–H groups in total. The third-order valence-electron chi connectivity index (χ3n) is 2.04. The Kier molecular flexibility index (Phi) is 3.88. The van der Waals surface area contributed by atoms with Crippen LogP contribution in [0.25, 0.3) is 0 Å². The molecule has 0 heterocycles. The molecule has 0 aromatic heterocycles. The van der Waals surface area contributed by atoms with Gasteiger partial charge in [-0.3, -0.25) is 0 Å². The van der Waals surface area contributed by atoms with Crippen molar-refractivity contribution >= 4 is 18.2 Å². The van der Waals surface area contributed by atoms with Crippen LogP contribution in [0, 0.1) is 11.6 Å². The van der Waals surface area contributed by atoms with Crippen LogP contribution in [0.3, 0.4) is 0 Å². The second kappa shape index (κ2) is 5.59. The van der Waals surface area contributed by atoms with E-state index in [-0.39, 0.29) is 11.6 Å². The molecule has 2 rings (SSSR count). The Morgan fingerprint density at radius 3 is 2.59 bits per heavy atom. The van der Waals surface area contributed by atoms with E-state index in [2.05, 4.69) is 4.40 Å². The van der Waals surface area contributed by atoms with E-state index < -0.39 is 0 Å². The molecule has 0 fully saturated rings. The van der Waals surface area contributed by atoms with Crippen molar-refractivity contribution in [2.45, 2.75) is 4.90 Å². The number of hydrogen-bond acceptors (Lipinski definition) is 2. The highest BCUT2D eigenvalue weighted by Gasteiger charge is 1.99. The highest BCUT2D eigenvalue weighted by molar-refractivity contribution is 7.98. The molecule has 1 nitrogen and oxygen atoms in total. The molecule has 0 unspecified atom stereocenters. The van der Waals surface area contributed by atoms with Crippen molar-refractivity contribution < 1.29 is 8.78 Å². The molecule has 0 aliphatic carbocycles. The molecule has 0 spiro atoms. The van der Waals surface area contributed by atoms with Crippen LogP contribution < -0.4 is 0 Å². The second-order valence-corrected chi connectivity index (χ2v) is 4.14. The number of halogens is 2. The Labute approximate surface area is 102 Å². The Balaban J connectivity index is 2.06. The third kappa shape index (κ3) is 3.39. The zero-order valence-corrected chi connectivity index (χ0v) is 9.62. The van der Waals surface area contributed by atoms with Crippen molar-refractivity contribution in [3.8, 4) is 0 Å². The Morgan fingerprint density at radius 1 is 1.00 bits per heavy atom. The number of rotatable bonds is 3. The van der Waals surface area contributed by atoms with Gasteiger partial charge in [0.05, 0.1) is 4.90 Å². The van der Waals surface area contributed by atoms with E-state index in [4.69, 9.17) is 0 Å². The van der Waals surface area contributed by atoms with Gasteiger partial charge in [-0.25, -0.2) is 13.2 Å². The van der Waals surface area contributed by atoms with Crippen LogP contribution in [0.1, 0.15) is 5.56 Å². The van der Waals surface area contributed by atoms with Crippen LogP contribution in [0.2, 0.25) is 0 Å². The smallest absolute Gasteiger partial charge is 0.138 e. The summed E-state index contributed by atoms with van der Waals surface area (Å²) in [6.07, 6.45) is 1.50. The molecule has 0 saturated heterocycles. The molecule has 0 aliphatic heterocycles. The molecule has 17 heavy (non-hydrogen) atoms. The monoisotopic (exact) mass is 249 g/mol. The fourth-order valence-electron chi connectivity index (χ4n) is 1.25. The molecule has 4 heteroatoms. The Bertz CT molecular complexity index is 540. The predicted molar refractivity (Wildman–Crippen MR) is 66.3 cm³/mol. The summed E-state index contributed by atoms with van der Waals surface area (Å²) in [5.41, 5.74) is 0.647. The molecule has 0 radical (unpaired) electrons. The lowest BCUT2D eigenvalue weighted by Gasteiger charge is -1.96. The van der Waals surface area contributed by atoms with Crippen molar-refractivity contribution in [2.75, 3.05) is 0 Å². The number of benzene rings is 2. The van der Waals surface area contributed by atoms with Gasteiger partial charge in [-0.2, -0.15) is 0 Å². The fourth-order valence-corrected chi connectivity index (χ4v) is 1.83. The summed E-state index contributed by atoms with van der Waals surface area (Å²) < 4.78 is 30.1. The fraction of sp³-hybridized carbons (Fsp3) is 0. The molecule has 86 valence electrons. The summed E-state index contributed by atoms with van der Waals surface area (Å²) in [6.45, 7) is 0. The average molecular weight is 249 g/mol. The van der Waals surface area contributed by atoms with E-state index in [9.17, 15) is 8.78 Å². The standard InChI is InChI=1S/C13H9F2NS/c14-11-5-3-4-10(8-11)9-16-17-13-7-2-1-6-12(13)15/h1-9H/b16-9+. The maximum atomic E-state index is 13.2. The van der Waals surface area contributed by atoms with E-state index >= 15 is 0 Å². The van der Waals surface area contributed by atoms with E-state index in [1.807, 2.05) is 0 Å². The van der Waals surface area contributed by atoms with E-state index in [0.29, 0.717) is 10.5 Å². The SMILES string of the molecule is Fc1cccc(/C=N/Sc2ccccc2F)c1. The summed E-state index contributed by atoms with van der Waals surface area (Å²) in [5.74, 6) is -0.626. The average Bonchev–Trinajstić information content (AvgIpc) is 2.32. The first-order valence-corrected chi connectivity index (χ1v) is 5.73. The summed E-state index contributed by atoms with van der Waals surface area (Å²) in [6, 6.07) is 12.4. The van der Waals surface area contributed by atoms with Crippen molar-refractivity contribution in [2.24, 2.45) is 4.40 Å². The van der Waals surface area contributed by atoms with E-state index in [1.54, 1.807) is 30.3 Å². The predicted octanol–water partition coefficient (Wildman–Crippen LogP) is 4.09. The normalized spacial score (nSPS) is 10.9. The third-order valence-corrected chi connectivity index (χ3v) is 2.78. The largest absolute Gasteiger partial charge is 0.219 e. The molecule has 2 aromatic carbocycles. The first-order chi connectivity index (χ1) is 8.25. The van der Waals surface area contributed by atoms with Crippen molar-refractivity contribution in [1.29, 1.82) is 0 Å². The van der Waals surface area contributed by atoms with Gasteiger partial charge < -0.3 is 0 Å². The number of hydrogen-bond donors (Lipinski definition) is 0. The summed E-state index contributed by atoms with van der Waals surface area (Å²) in [5, 5.41) is 0. The maximum absolute atomic E-state index is 13.2. The quantitative estimate of drug-likeness (QED) is 0.589. The van der Waals surface area contributed by atoms with Gasteiger partial charge in [0.25, 0.3) is 0 Å². The summed E-state index contributed by atoms with van der Waals surface area (Å²) in [4.78, 5) is 0.445. The van der Waals surface area contributed by atoms with Gasteiger partial charge in [0.1, 0.15) is 11.6 Å². The van der Waals surface area contributed by atoms with Gasteiger partial charge in [0.2, 0.25) is 0 Å². The van der Waals surface area contributed by atoms with Gasteiger partial charge in [0.15, 0.2) is 0 Å².